The Balaban J connectivity index is 1.52. The average Bonchev–Trinajstić information content (AvgIpc) is 3.03. The minimum atomic E-state index is -0.0981. The van der Waals surface area contributed by atoms with Crippen LogP contribution in [0.3, 0.4) is 0 Å². The van der Waals surface area contributed by atoms with Gasteiger partial charge in [-0.2, -0.15) is 4.98 Å². The lowest BCUT2D eigenvalue weighted by atomic mass is 9.46. The highest BCUT2D eigenvalue weighted by atomic mass is 35.5. The van der Waals surface area contributed by atoms with E-state index in [1.165, 1.54) is 19.3 Å². The minimum Gasteiger partial charge on any atom is -0.466 e. The number of rotatable bonds is 4. The van der Waals surface area contributed by atoms with E-state index in [1.807, 2.05) is 25.3 Å². The van der Waals surface area contributed by atoms with Crippen LogP contribution in [0, 0.1) is 29.6 Å². The van der Waals surface area contributed by atoms with Gasteiger partial charge >= 0.3 is 5.97 Å². The first-order chi connectivity index (χ1) is 12.7. The van der Waals surface area contributed by atoms with E-state index >= 15 is 0 Å². The van der Waals surface area contributed by atoms with Crippen molar-refractivity contribution in [3.8, 4) is 0 Å². The van der Waals surface area contributed by atoms with Crippen molar-refractivity contribution in [2.45, 2.75) is 38.6 Å². The first kappa shape index (κ1) is 16.4. The molecule has 2 aromatic heterocycles. The molecule has 0 aliphatic heterocycles. The maximum absolute atomic E-state index is 12.8. The van der Waals surface area contributed by atoms with Gasteiger partial charge in [0.05, 0.1) is 12.5 Å². The summed E-state index contributed by atoms with van der Waals surface area (Å²) < 4.78 is 7.19. The van der Waals surface area contributed by atoms with Gasteiger partial charge in [0.1, 0.15) is 5.52 Å². The number of fused-ring (bicyclic) bond motifs is 3. The Morgan fingerprint density at radius 1 is 1.27 bits per heavy atom. The van der Waals surface area contributed by atoms with E-state index < -0.39 is 0 Å². The quantitative estimate of drug-likeness (QED) is 0.830. The van der Waals surface area contributed by atoms with Crippen LogP contribution in [-0.2, 0) is 9.53 Å². The predicted octanol–water partition coefficient (Wildman–Crippen LogP) is 3.41. The summed E-state index contributed by atoms with van der Waals surface area (Å²) in [7, 11) is 0. The minimum absolute atomic E-state index is 0.0546. The Bertz CT molecular complexity index is 853. The molecule has 2 heterocycles. The summed E-state index contributed by atoms with van der Waals surface area (Å²) in [5.74, 6) is 2.90. The number of anilines is 1. The van der Waals surface area contributed by atoms with Gasteiger partial charge in [-0.25, -0.2) is 4.52 Å². The van der Waals surface area contributed by atoms with Crippen LogP contribution in [0.4, 0.5) is 5.82 Å². The second-order valence-electron chi connectivity index (χ2n) is 7.83. The van der Waals surface area contributed by atoms with E-state index in [0.717, 1.165) is 17.9 Å². The summed E-state index contributed by atoms with van der Waals surface area (Å²) in [4.78, 5) is 17.2. The molecule has 1 N–H and O–H groups in total. The van der Waals surface area contributed by atoms with Gasteiger partial charge < -0.3 is 10.1 Å². The summed E-state index contributed by atoms with van der Waals surface area (Å²) >= 11 is 6.11. The van der Waals surface area contributed by atoms with Gasteiger partial charge in [-0.1, -0.05) is 0 Å². The summed E-state index contributed by atoms with van der Waals surface area (Å²) in [6.45, 7) is 2.30. The van der Waals surface area contributed by atoms with Crippen LogP contribution in [0.1, 0.15) is 32.6 Å². The standard InChI is InChI=1S/C19H23ClN4O2/c1-2-26-18(25)15-12-7-8-13(11-6-5-10(11)12)16(15)21-17-14-4-3-9-24(14)23-19(20)22-17/h3-4,9-13,15-16H,2,5-8H2,1H3,(H,21,22,23)/t10?,11?,12-,13+,15-,16-/m0/s1. The number of hydrogen-bond acceptors (Lipinski definition) is 5. The average molecular weight is 375 g/mol. The van der Waals surface area contributed by atoms with E-state index in [0.29, 0.717) is 30.2 Å². The predicted molar refractivity (Wildman–Crippen MR) is 98.0 cm³/mol. The zero-order valence-corrected chi connectivity index (χ0v) is 15.5. The lowest BCUT2D eigenvalue weighted by Crippen LogP contribution is -2.62. The Labute approximate surface area is 157 Å². The monoisotopic (exact) mass is 374 g/mol. The molecule has 6 rings (SSSR count). The second-order valence-corrected chi connectivity index (χ2v) is 8.16. The lowest BCUT2D eigenvalue weighted by molar-refractivity contribution is -0.166. The molecular formula is C19H23ClN4O2. The number of aromatic nitrogens is 3. The van der Waals surface area contributed by atoms with Crippen molar-refractivity contribution >= 4 is 28.9 Å². The number of halogens is 1. The van der Waals surface area contributed by atoms with Gasteiger partial charge in [-0.05, 0) is 80.0 Å². The van der Waals surface area contributed by atoms with E-state index in [9.17, 15) is 4.79 Å². The molecule has 4 saturated carbocycles. The normalized spacial score (nSPS) is 35.0. The Hall–Kier alpha value is -1.82. The highest BCUT2D eigenvalue weighted by Gasteiger charge is 2.59. The molecular weight excluding hydrogens is 352 g/mol. The van der Waals surface area contributed by atoms with Crippen molar-refractivity contribution in [3.63, 3.8) is 0 Å². The van der Waals surface area contributed by atoms with Crippen LogP contribution in [0.5, 0.6) is 0 Å². The number of nitrogens with zero attached hydrogens (tertiary/aromatic N) is 3. The van der Waals surface area contributed by atoms with E-state index in [4.69, 9.17) is 16.3 Å². The summed E-state index contributed by atoms with van der Waals surface area (Å²) in [5, 5.41) is 8.00. The summed E-state index contributed by atoms with van der Waals surface area (Å²) in [6, 6.07) is 3.94. The SMILES string of the molecule is CCOC(=O)[C@@H]1[C@@H](Nc2nc(Cl)nn3cccc23)[C@@H]2CC[C@H]1C1CCC12. The number of ether oxygens (including phenoxy) is 1. The molecule has 4 aliphatic carbocycles. The van der Waals surface area contributed by atoms with Gasteiger partial charge in [0.25, 0.3) is 0 Å². The molecule has 7 heteroatoms. The fourth-order valence-electron chi connectivity index (χ4n) is 5.78. The molecule has 0 saturated heterocycles. The number of carbonyl (C=O) groups excluding carboxylic acids is 1. The first-order valence-electron chi connectivity index (χ1n) is 9.61. The Morgan fingerprint density at radius 2 is 2.00 bits per heavy atom. The first-order valence-corrected chi connectivity index (χ1v) is 9.99. The van der Waals surface area contributed by atoms with Gasteiger partial charge in [0.15, 0.2) is 5.82 Å². The number of esters is 1. The molecule has 2 aromatic rings. The molecule has 4 fully saturated rings. The highest BCUT2D eigenvalue weighted by Crippen LogP contribution is 2.60. The third-order valence-corrected chi connectivity index (χ3v) is 7.01. The molecule has 0 aromatic carbocycles. The maximum atomic E-state index is 12.8. The molecule has 6 nitrogen and oxygen atoms in total. The fraction of sp³-hybridized carbons (Fsp3) is 0.632. The van der Waals surface area contributed by atoms with Gasteiger partial charge in [-0.15, -0.1) is 5.10 Å². The molecule has 138 valence electrons. The van der Waals surface area contributed by atoms with E-state index in [-0.39, 0.29) is 23.2 Å². The molecule has 26 heavy (non-hydrogen) atoms. The second kappa shape index (κ2) is 6.12. The molecule has 2 bridgehead atoms. The largest absolute Gasteiger partial charge is 0.466 e. The van der Waals surface area contributed by atoms with Crippen LogP contribution < -0.4 is 5.32 Å². The molecule has 0 spiro atoms. The van der Waals surface area contributed by atoms with Gasteiger partial charge in [0, 0.05) is 12.2 Å². The number of carbonyl (C=O) groups is 1. The number of nitrogens with one attached hydrogen (secondary N) is 1. The molecule has 2 unspecified atom stereocenters. The summed E-state index contributed by atoms with van der Waals surface area (Å²) in [6.07, 6.45) is 6.71. The van der Waals surface area contributed by atoms with E-state index in [1.54, 1.807) is 4.52 Å². The maximum Gasteiger partial charge on any atom is 0.311 e. The van der Waals surface area contributed by atoms with Crippen molar-refractivity contribution in [2.75, 3.05) is 11.9 Å². The molecule has 0 radical (unpaired) electrons. The molecule has 4 aliphatic rings. The van der Waals surface area contributed by atoms with Crippen molar-refractivity contribution in [1.82, 2.24) is 14.6 Å². The van der Waals surface area contributed by atoms with Gasteiger partial charge in [-0.3, -0.25) is 4.79 Å². The van der Waals surface area contributed by atoms with Crippen molar-refractivity contribution < 1.29 is 9.53 Å². The van der Waals surface area contributed by atoms with Crippen LogP contribution in [0.15, 0.2) is 18.3 Å². The Morgan fingerprint density at radius 3 is 2.77 bits per heavy atom. The summed E-state index contributed by atoms with van der Waals surface area (Å²) in [5.41, 5.74) is 0.878. The molecule has 6 atom stereocenters. The van der Waals surface area contributed by atoms with Crippen LogP contribution in [-0.4, -0.2) is 33.2 Å². The Kier molecular flexibility index (Phi) is 3.85. The van der Waals surface area contributed by atoms with Gasteiger partial charge in [0.2, 0.25) is 5.28 Å². The van der Waals surface area contributed by atoms with Crippen molar-refractivity contribution in [1.29, 1.82) is 0 Å². The van der Waals surface area contributed by atoms with E-state index in [2.05, 4.69) is 15.4 Å². The smallest absolute Gasteiger partial charge is 0.311 e. The third-order valence-electron chi connectivity index (χ3n) is 6.85. The lowest BCUT2D eigenvalue weighted by Gasteiger charge is -2.61. The van der Waals surface area contributed by atoms with Crippen LogP contribution in [0.2, 0.25) is 5.28 Å². The van der Waals surface area contributed by atoms with Crippen LogP contribution >= 0.6 is 11.6 Å². The topological polar surface area (TPSA) is 68.5 Å². The zero-order valence-electron chi connectivity index (χ0n) is 14.8. The third kappa shape index (κ3) is 2.34. The molecule has 0 amide bonds. The zero-order chi connectivity index (χ0) is 17.8. The van der Waals surface area contributed by atoms with Crippen LogP contribution in [0.25, 0.3) is 5.52 Å². The van der Waals surface area contributed by atoms with Crippen molar-refractivity contribution in [2.24, 2.45) is 29.6 Å². The fourth-order valence-corrected chi connectivity index (χ4v) is 5.95. The highest BCUT2D eigenvalue weighted by molar-refractivity contribution is 6.28. The van der Waals surface area contributed by atoms with Crippen molar-refractivity contribution in [3.05, 3.63) is 23.6 Å². The number of hydrogen-bond donors (Lipinski definition) is 1.